The summed E-state index contributed by atoms with van der Waals surface area (Å²) < 4.78 is 6.14. The molecule has 2 aliphatic rings. The number of ether oxygens (including phenoxy) is 1. The van der Waals surface area contributed by atoms with Crippen molar-refractivity contribution in [3.05, 3.63) is 41.6 Å². The number of hydrogen-bond donors (Lipinski definition) is 1. The van der Waals surface area contributed by atoms with Crippen LogP contribution in [0, 0.1) is 6.92 Å². The van der Waals surface area contributed by atoms with E-state index in [4.69, 9.17) is 10.5 Å². The lowest BCUT2D eigenvalue weighted by molar-refractivity contribution is 0.0792. The monoisotopic (exact) mass is 381 g/mol. The summed E-state index contributed by atoms with van der Waals surface area (Å²) in [5, 5.41) is 0. The number of rotatable bonds is 4. The van der Waals surface area contributed by atoms with Crippen molar-refractivity contribution in [1.29, 1.82) is 0 Å². The van der Waals surface area contributed by atoms with E-state index in [2.05, 4.69) is 14.9 Å². The number of anilines is 2. The average Bonchev–Trinajstić information content (AvgIpc) is 3.23. The number of likely N-dealkylation sites (tertiary alicyclic amines) is 1. The Hall–Kier alpha value is -2.83. The van der Waals surface area contributed by atoms with Crippen molar-refractivity contribution < 1.29 is 9.53 Å². The molecule has 0 aliphatic carbocycles. The first-order chi connectivity index (χ1) is 13.6. The molecule has 3 heterocycles. The third-order valence-electron chi connectivity index (χ3n) is 5.42. The average molecular weight is 381 g/mol. The second-order valence-corrected chi connectivity index (χ2v) is 7.55. The van der Waals surface area contributed by atoms with Gasteiger partial charge in [-0.2, -0.15) is 4.98 Å². The molecular formula is C21H27N5O2. The first kappa shape index (κ1) is 18.5. The molecule has 1 amide bonds. The van der Waals surface area contributed by atoms with Crippen molar-refractivity contribution >= 4 is 17.7 Å². The molecule has 2 aliphatic heterocycles. The van der Waals surface area contributed by atoms with Crippen LogP contribution in [0.5, 0.6) is 5.75 Å². The highest BCUT2D eigenvalue weighted by Crippen LogP contribution is 2.24. The largest absolute Gasteiger partial charge is 0.490 e. The number of carbonyl (C=O) groups is 1. The third-order valence-corrected chi connectivity index (χ3v) is 5.42. The summed E-state index contributed by atoms with van der Waals surface area (Å²) in [6, 6.07) is 9.52. The van der Waals surface area contributed by atoms with Crippen LogP contribution in [-0.2, 0) is 0 Å². The van der Waals surface area contributed by atoms with E-state index in [1.807, 2.05) is 42.2 Å². The van der Waals surface area contributed by atoms with Crippen LogP contribution in [0.4, 0.5) is 11.8 Å². The maximum Gasteiger partial charge on any atom is 0.253 e. The van der Waals surface area contributed by atoms with E-state index in [9.17, 15) is 4.79 Å². The van der Waals surface area contributed by atoms with Gasteiger partial charge in [0.05, 0.1) is 0 Å². The topological polar surface area (TPSA) is 84.6 Å². The van der Waals surface area contributed by atoms with Crippen LogP contribution in [-0.4, -0.2) is 53.1 Å². The minimum absolute atomic E-state index is 0.122. The lowest BCUT2D eigenvalue weighted by atomic mass is 10.1. The summed E-state index contributed by atoms with van der Waals surface area (Å²) >= 11 is 0. The van der Waals surface area contributed by atoms with E-state index < -0.39 is 0 Å². The SMILES string of the molecule is Cc1cc(N2CCC(Oc3ccc(C(=O)N4CCCC4)cc3)CC2)nc(N)n1. The van der Waals surface area contributed by atoms with Crippen LogP contribution in [0.25, 0.3) is 0 Å². The zero-order valence-electron chi connectivity index (χ0n) is 16.3. The van der Waals surface area contributed by atoms with Crippen molar-refractivity contribution in [2.45, 2.75) is 38.7 Å². The number of piperidine rings is 1. The Morgan fingerprint density at radius 1 is 1.07 bits per heavy atom. The number of nitrogens with zero attached hydrogens (tertiary/aromatic N) is 4. The molecule has 2 saturated heterocycles. The molecule has 0 unspecified atom stereocenters. The maximum absolute atomic E-state index is 12.4. The van der Waals surface area contributed by atoms with Gasteiger partial charge in [0.25, 0.3) is 5.91 Å². The van der Waals surface area contributed by atoms with Crippen LogP contribution in [0.1, 0.15) is 41.7 Å². The number of aryl methyl sites for hydroxylation is 1. The Morgan fingerprint density at radius 2 is 1.75 bits per heavy atom. The molecule has 2 aromatic rings. The van der Waals surface area contributed by atoms with Gasteiger partial charge in [-0.05, 0) is 44.0 Å². The Bertz CT molecular complexity index is 805. The number of nitrogen functional groups attached to an aromatic ring is 1. The molecule has 1 aromatic carbocycles. The zero-order chi connectivity index (χ0) is 19.5. The van der Waals surface area contributed by atoms with Crippen molar-refractivity contribution in [1.82, 2.24) is 14.9 Å². The number of aromatic nitrogens is 2. The molecule has 0 spiro atoms. The molecule has 2 N–H and O–H groups in total. The van der Waals surface area contributed by atoms with Gasteiger partial charge in [-0.25, -0.2) is 4.98 Å². The molecule has 0 atom stereocenters. The van der Waals surface area contributed by atoms with Gasteiger partial charge in [0.15, 0.2) is 0 Å². The first-order valence-corrected chi connectivity index (χ1v) is 10.0. The Labute approximate surface area is 165 Å². The van der Waals surface area contributed by atoms with E-state index in [-0.39, 0.29) is 12.0 Å². The lowest BCUT2D eigenvalue weighted by Gasteiger charge is -2.33. The molecule has 148 valence electrons. The molecule has 2 fully saturated rings. The van der Waals surface area contributed by atoms with Crippen molar-refractivity contribution in [2.75, 3.05) is 36.8 Å². The van der Waals surface area contributed by atoms with Crippen LogP contribution in [0.2, 0.25) is 0 Å². The fraction of sp³-hybridized carbons (Fsp3) is 0.476. The highest BCUT2D eigenvalue weighted by atomic mass is 16.5. The Balaban J connectivity index is 1.31. The molecule has 4 rings (SSSR count). The quantitative estimate of drug-likeness (QED) is 0.876. The van der Waals surface area contributed by atoms with Crippen LogP contribution in [0.15, 0.2) is 30.3 Å². The molecule has 7 nitrogen and oxygen atoms in total. The molecular weight excluding hydrogens is 354 g/mol. The summed E-state index contributed by atoms with van der Waals surface area (Å²) in [5.74, 6) is 2.14. The fourth-order valence-corrected chi connectivity index (χ4v) is 3.91. The molecule has 28 heavy (non-hydrogen) atoms. The van der Waals surface area contributed by atoms with Crippen LogP contribution >= 0.6 is 0 Å². The maximum atomic E-state index is 12.4. The first-order valence-electron chi connectivity index (χ1n) is 10.0. The van der Waals surface area contributed by atoms with Gasteiger partial charge in [0.1, 0.15) is 17.7 Å². The summed E-state index contributed by atoms with van der Waals surface area (Å²) in [6.07, 6.45) is 4.20. The van der Waals surface area contributed by atoms with Gasteiger partial charge in [-0.1, -0.05) is 0 Å². The zero-order valence-corrected chi connectivity index (χ0v) is 16.3. The number of amides is 1. The number of hydrogen-bond acceptors (Lipinski definition) is 6. The Morgan fingerprint density at radius 3 is 2.39 bits per heavy atom. The van der Waals surface area contributed by atoms with Gasteiger partial charge in [0, 0.05) is 56.3 Å². The second-order valence-electron chi connectivity index (χ2n) is 7.55. The van der Waals surface area contributed by atoms with Crippen molar-refractivity contribution in [3.8, 4) is 5.75 Å². The predicted octanol–water partition coefficient (Wildman–Crippen LogP) is 2.65. The minimum atomic E-state index is 0.122. The number of carbonyl (C=O) groups excluding carboxylic acids is 1. The highest BCUT2D eigenvalue weighted by Gasteiger charge is 2.23. The highest BCUT2D eigenvalue weighted by molar-refractivity contribution is 5.94. The summed E-state index contributed by atoms with van der Waals surface area (Å²) in [5.41, 5.74) is 7.38. The third kappa shape index (κ3) is 4.18. The molecule has 1 aromatic heterocycles. The van der Waals surface area contributed by atoms with E-state index in [0.717, 1.165) is 74.7 Å². The number of benzene rings is 1. The van der Waals surface area contributed by atoms with E-state index in [1.54, 1.807) is 0 Å². The second kappa shape index (κ2) is 8.04. The van der Waals surface area contributed by atoms with Crippen LogP contribution in [0.3, 0.4) is 0 Å². The number of nitrogens with two attached hydrogens (primary N) is 1. The summed E-state index contributed by atoms with van der Waals surface area (Å²) in [7, 11) is 0. The van der Waals surface area contributed by atoms with Gasteiger partial charge < -0.3 is 20.3 Å². The normalized spacial score (nSPS) is 17.8. The van der Waals surface area contributed by atoms with E-state index in [0.29, 0.717) is 5.95 Å². The molecule has 7 heteroatoms. The Kier molecular flexibility index (Phi) is 5.32. The minimum Gasteiger partial charge on any atom is -0.490 e. The van der Waals surface area contributed by atoms with Gasteiger partial charge in [0.2, 0.25) is 5.95 Å². The smallest absolute Gasteiger partial charge is 0.253 e. The van der Waals surface area contributed by atoms with Gasteiger partial charge in [-0.15, -0.1) is 0 Å². The van der Waals surface area contributed by atoms with Crippen LogP contribution < -0.4 is 15.4 Å². The van der Waals surface area contributed by atoms with Crippen molar-refractivity contribution in [2.24, 2.45) is 0 Å². The molecule has 0 saturated carbocycles. The summed E-state index contributed by atoms with van der Waals surface area (Å²) in [4.78, 5) is 25.1. The lowest BCUT2D eigenvalue weighted by Crippen LogP contribution is -2.38. The standard InChI is InChI=1S/C21H27N5O2/c1-15-14-19(24-21(22)23-15)25-12-8-18(9-13-25)28-17-6-4-16(5-7-17)20(27)26-10-2-3-11-26/h4-7,14,18H,2-3,8-13H2,1H3,(H2,22,23,24). The molecule has 0 bridgehead atoms. The van der Waals surface area contributed by atoms with E-state index >= 15 is 0 Å². The predicted molar refractivity (Wildman–Crippen MR) is 109 cm³/mol. The van der Waals surface area contributed by atoms with Gasteiger partial charge in [-0.3, -0.25) is 4.79 Å². The van der Waals surface area contributed by atoms with Crippen molar-refractivity contribution in [3.63, 3.8) is 0 Å². The molecule has 0 radical (unpaired) electrons. The summed E-state index contributed by atoms with van der Waals surface area (Å²) in [6.45, 7) is 5.40. The van der Waals surface area contributed by atoms with Gasteiger partial charge >= 0.3 is 0 Å². The fourth-order valence-electron chi connectivity index (χ4n) is 3.91. The van der Waals surface area contributed by atoms with E-state index in [1.165, 1.54) is 0 Å².